The molecule has 0 saturated heterocycles. The lowest BCUT2D eigenvalue weighted by atomic mass is 10.1. The molecule has 0 amide bonds. The highest BCUT2D eigenvalue weighted by molar-refractivity contribution is 7.92. The quantitative estimate of drug-likeness (QED) is 0.444. The topological polar surface area (TPSA) is 86.1 Å². The third-order valence-electron chi connectivity index (χ3n) is 4.87. The molecule has 1 N–H and O–H groups in total. The first-order valence-corrected chi connectivity index (χ1v) is 11.6. The van der Waals surface area contributed by atoms with Crippen LogP contribution in [0.25, 0.3) is 5.82 Å². The van der Waals surface area contributed by atoms with Crippen molar-refractivity contribution >= 4 is 15.7 Å². The molecule has 0 spiro atoms. The molecule has 0 aliphatic rings. The SMILES string of the molecule is Cc1cc(C)c(S(=O)(=O)Nc2ccc(Oc3cc(-n4cccc4)nc(C)n3)cc2)c(C)c1. The van der Waals surface area contributed by atoms with Crippen molar-refractivity contribution in [1.29, 1.82) is 0 Å². The molecular weight excluding hydrogens is 424 g/mol. The maximum atomic E-state index is 13.0. The van der Waals surface area contributed by atoms with Crippen molar-refractivity contribution in [3.05, 3.63) is 89.5 Å². The average molecular weight is 449 g/mol. The predicted octanol–water partition coefficient (Wildman–Crippen LogP) is 5.09. The number of aromatic nitrogens is 3. The fraction of sp³-hybridized carbons (Fsp3) is 0.167. The third-order valence-corrected chi connectivity index (χ3v) is 6.56. The van der Waals surface area contributed by atoms with Gasteiger partial charge >= 0.3 is 0 Å². The minimum atomic E-state index is -3.71. The van der Waals surface area contributed by atoms with E-state index >= 15 is 0 Å². The number of sulfonamides is 1. The van der Waals surface area contributed by atoms with Gasteiger partial charge in [-0.15, -0.1) is 0 Å². The summed E-state index contributed by atoms with van der Waals surface area (Å²) >= 11 is 0. The molecule has 8 heteroatoms. The van der Waals surface area contributed by atoms with Crippen molar-refractivity contribution < 1.29 is 13.2 Å². The van der Waals surface area contributed by atoms with Crippen molar-refractivity contribution in [1.82, 2.24) is 14.5 Å². The van der Waals surface area contributed by atoms with Gasteiger partial charge in [-0.3, -0.25) is 4.72 Å². The summed E-state index contributed by atoms with van der Waals surface area (Å²) in [5, 5.41) is 0. The van der Waals surface area contributed by atoms with E-state index in [-0.39, 0.29) is 0 Å². The van der Waals surface area contributed by atoms with E-state index in [0.29, 0.717) is 45.0 Å². The number of ether oxygens (including phenoxy) is 1. The lowest BCUT2D eigenvalue weighted by Gasteiger charge is -2.14. The number of anilines is 1. The molecule has 2 aromatic carbocycles. The lowest BCUT2D eigenvalue weighted by molar-refractivity contribution is 0.459. The Balaban J connectivity index is 1.53. The minimum Gasteiger partial charge on any atom is -0.439 e. The van der Waals surface area contributed by atoms with Crippen molar-refractivity contribution in [2.75, 3.05) is 4.72 Å². The molecule has 4 aromatic rings. The monoisotopic (exact) mass is 448 g/mol. The predicted molar refractivity (Wildman–Crippen MR) is 124 cm³/mol. The van der Waals surface area contributed by atoms with Gasteiger partial charge in [0.2, 0.25) is 5.88 Å². The summed E-state index contributed by atoms with van der Waals surface area (Å²) in [4.78, 5) is 9.05. The summed E-state index contributed by atoms with van der Waals surface area (Å²) in [5.74, 6) is 2.22. The fourth-order valence-electron chi connectivity index (χ4n) is 3.71. The molecular formula is C24H24N4O3S. The van der Waals surface area contributed by atoms with Gasteiger partial charge in [0.25, 0.3) is 10.0 Å². The summed E-state index contributed by atoms with van der Waals surface area (Å²) in [6.45, 7) is 7.35. The van der Waals surface area contributed by atoms with Crippen LogP contribution in [0, 0.1) is 27.7 Å². The van der Waals surface area contributed by atoms with Crippen molar-refractivity contribution in [3.63, 3.8) is 0 Å². The van der Waals surface area contributed by atoms with E-state index in [0.717, 1.165) is 5.56 Å². The highest BCUT2D eigenvalue weighted by Gasteiger charge is 2.20. The molecule has 32 heavy (non-hydrogen) atoms. The van der Waals surface area contributed by atoms with Crippen molar-refractivity contribution in [3.8, 4) is 17.4 Å². The number of nitrogens with one attached hydrogen (secondary N) is 1. The standard InChI is InChI=1S/C24H24N4O3S/c1-16-13-17(2)24(18(3)14-16)32(29,30)27-20-7-9-21(10-8-20)31-23-15-22(25-19(4)26-23)28-11-5-6-12-28/h5-15,27H,1-4H3. The first-order valence-electron chi connectivity index (χ1n) is 10.1. The molecule has 4 rings (SSSR count). The zero-order chi connectivity index (χ0) is 22.9. The summed E-state index contributed by atoms with van der Waals surface area (Å²) in [5.41, 5.74) is 2.91. The number of benzene rings is 2. The number of hydrogen-bond acceptors (Lipinski definition) is 5. The van der Waals surface area contributed by atoms with Crippen LogP contribution in [-0.2, 0) is 10.0 Å². The molecule has 0 fully saturated rings. The molecule has 0 bridgehead atoms. The Morgan fingerprint density at radius 3 is 2.12 bits per heavy atom. The summed E-state index contributed by atoms with van der Waals surface area (Å²) < 4.78 is 36.3. The van der Waals surface area contributed by atoms with Crippen LogP contribution in [0.2, 0.25) is 0 Å². The molecule has 0 saturated carbocycles. The second-order valence-corrected chi connectivity index (χ2v) is 9.28. The maximum absolute atomic E-state index is 13.0. The summed E-state index contributed by atoms with van der Waals surface area (Å²) in [6, 6.07) is 16.0. The van der Waals surface area contributed by atoms with Gasteiger partial charge in [-0.1, -0.05) is 17.7 Å². The average Bonchev–Trinajstić information content (AvgIpc) is 3.23. The second kappa shape index (κ2) is 8.47. The van der Waals surface area contributed by atoms with Crippen LogP contribution in [0.1, 0.15) is 22.5 Å². The van der Waals surface area contributed by atoms with E-state index in [9.17, 15) is 8.42 Å². The highest BCUT2D eigenvalue weighted by Crippen LogP contribution is 2.27. The van der Waals surface area contributed by atoms with Gasteiger partial charge in [0.05, 0.1) is 4.90 Å². The minimum absolute atomic E-state index is 0.303. The van der Waals surface area contributed by atoms with Crippen LogP contribution < -0.4 is 9.46 Å². The van der Waals surface area contributed by atoms with Gasteiger partial charge in [-0.2, -0.15) is 4.98 Å². The van der Waals surface area contributed by atoms with E-state index in [1.165, 1.54) is 0 Å². The Morgan fingerprint density at radius 1 is 0.875 bits per heavy atom. The molecule has 0 unspecified atom stereocenters. The van der Waals surface area contributed by atoms with E-state index < -0.39 is 10.0 Å². The molecule has 0 aliphatic heterocycles. The molecule has 7 nitrogen and oxygen atoms in total. The van der Waals surface area contributed by atoms with Gasteiger partial charge in [-0.05, 0) is 75.2 Å². The molecule has 0 aliphatic carbocycles. The Morgan fingerprint density at radius 2 is 1.50 bits per heavy atom. The highest BCUT2D eigenvalue weighted by atomic mass is 32.2. The Bertz CT molecular complexity index is 1340. The van der Waals surface area contributed by atoms with Crippen LogP contribution in [0.5, 0.6) is 11.6 Å². The Kier molecular flexibility index (Phi) is 5.71. The van der Waals surface area contributed by atoms with Crippen LogP contribution in [-0.4, -0.2) is 23.0 Å². The van der Waals surface area contributed by atoms with Crippen LogP contribution >= 0.6 is 0 Å². The van der Waals surface area contributed by atoms with Gasteiger partial charge < -0.3 is 9.30 Å². The number of rotatable bonds is 6. The summed E-state index contributed by atoms with van der Waals surface area (Å²) in [7, 11) is -3.71. The van der Waals surface area contributed by atoms with Gasteiger partial charge in [0.1, 0.15) is 17.4 Å². The van der Waals surface area contributed by atoms with Crippen LogP contribution in [0.15, 0.2) is 71.9 Å². The first-order chi connectivity index (χ1) is 15.2. The zero-order valence-corrected chi connectivity index (χ0v) is 19.1. The van der Waals surface area contributed by atoms with E-state index in [2.05, 4.69) is 14.7 Å². The zero-order valence-electron chi connectivity index (χ0n) is 18.3. The smallest absolute Gasteiger partial charge is 0.262 e. The van der Waals surface area contributed by atoms with E-state index in [1.807, 2.05) is 48.1 Å². The number of aryl methyl sites for hydroxylation is 4. The molecule has 2 heterocycles. The van der Waals surface area contributed by atoms with E-state index in [1.54, 1.807) is 51.1 Å². The van der Waals surface area contributed by atoms with Crippen molar-refractivity contribution in [2.45, 2.75) is 32.6 Å². The summed E-state index contributed by atoms with van der Waals surface area (Å²) in [6.07, 6.45) is 3.79. The Hall–Kier alpha value is -3.65. The maximum Gasteiger partial charge on any atom is 0.262 e. The van der Waals surface area contributed by atoms with Crippen molar-refractivity contribution in [2.24, 2.45) is 0 Å². The fourth-order valence-corrected chi connectivity index (χ4v) is 5.22. The molecule has 0 radical (unpaired) electrons. The second-order valence-electron chi connectivity index (χ2n) is 7.66. The normalized spacial score (nSPS) is 11.4. The Labute approximate surface area is 187 Å². The molecule has 0 atom stereocenters. The lowest BCUT2D eigenvalue weighted by Crippen LogP contribution is -2.15. The third kappa shape index (κ3) is 4.65. The van der Waals surface area contributed by atoms with Gasteiger partial charge in [0.15, 0.2) is 0 Å². The first kappa shape index (κ1) is 21.6. The van der Waals surface area contributed by atoms with Crippen LogP contribution in [0.3, 0.4) is 0 Å². The number of nitrogens with zero attached hydrogens (tertiary/aromatic N) is 3. The molecule has 2 aromatic heterocycles. The van der Waals surface area contributed by atoms with Crippen LogP contribution in [0.4, 0.5) is 5.69 Å². The largest absolute Gasteiger partial charge is 0.439 e. The van der Waals surface area contributed by atoms with E-state index in [4.69, 9.17) is 4.74 Å². The van der Waals surface area contributed by atoms with Gasteiger partial charge in [0, 0.05) is 24.1 Å². The van der Waals surface area contributed by atoms with Gasteiger partial charge in [-0.25, -0.2) is 13.4 Å². The molecule has 164 valence electrons. The number of hydrogen-bond donors (Lipinski definition) is 1.